The molecule has 20 heavy (non-hydrogen) atoms. The Morgan fingerprint density at radius 1 is 1.00 bits per heavy atom. The van der Waals surface area contributed by atoms with Crippen LogP contribution in [0.25, 0.3) is 0 Å². The monoisotopic (exact) mass is 262 g/mol. The largest absolute Gasteiger partial charge is 0.325 e. The van der Waals surface area contributed by atoms with Gasteiger partial charge in [0.25, 0.3) is 0 Å². The lowest BCUT2D eigenvalue weighted by atomic mass is 10.1. The average Bonchev–Trinajstić information content (AvgIpc) is 3.26. The van der Waals surface area contributed by atoms with Gasteiger partial charge in [-0.05, 0) is 41.5 Å². The highest BCUT2D eigenvalue weighted by atomic mass is 15.2. The van der Waals surface area contributed by atoms with Gasteiger partial charge in [0, 0.05) is 18.7 Å². The van der Waals surface area contributed by atoms with E-state index in [-0.39, 0.29) is 0 Å². The van der Waals surface area contributed by atoms with Crippen molar-refractivity contribution in [1.82, 2.24) is 0 Å². The number of anilines is 1. The zero-order valence-corrected chi connectivity index (χ0v) is 11.5. The molecule has 0 radical (unpaired) electrons. The van der Waals surface area contributed by atoms with Crippen molar-refractivity contribution in [3.05, 3.63) is 65.2 Å². The number of nitrogens with zero attached hydrogens (tertiary/aromatic N) is 1. The third-order valence-electron chi connectivity index (χ3n) is 4.34. The van der Waals surface area contributed by atoms with Gasteiger partial charge in [-0.2, -0.15) is 0 Å². The van der Waals surface area contributed by atoms with Crippen molar-refractivity contribution in [2.45, 2.75) is 31.7 Å². The van der Waals surface area contributed by atoms with Gasteiger partial charge < -0.3 is 4.90 Å². The van der Waals surface area contributed by atoms with Crippen LogP contribution in [0.15, 0.2) is 48.5 Å². The van der Waals surface area contributed by atoms with Crippen LogP contribution in [0.1, 0.15) is 35.4 Å². The fraction of sp³-hybridized carbons (Fsp3) is 0.278. The zero-order chi connectivity index (χ0) is 13.5. The van der Waals surface area contributed by atoms with Crippen LogP contribution in [0.4, 0.5) is 5.69 Å². The maximum Gasteiger partial charge on any atom is 0.105 e. The Kier molecular flexibility index (Phi) is 2.62. The number of hydrogen-bond donors (Lipinski definition) is 1. The number of nitrogens with one attached hydrogen (secondary N) is 1. The molecule has 0 bridgehead atoms. The molecule has 0 atom stereocenters. The molecule has 1 aliphatic carbocycles. The molecule has 0 spiro atoms. The fourth-order valence-electron chi connectivity index (χ4n) is 3.02. The van der Waals surface area contributed by atoms with Crippen LogP contribution in [-0.2, 0) is 13.0 Å². The van der Waals surface area contributed by atoms with Gasteiger partial charge in [-0.1, -0.05) is 42.5 Å². The third-order valence-corrected chi connectivity index (χ3v) is 4.34. The number of hydrogen-bond acceptors (Lipinski definition) is 1. The summed E-state index contributed by atoms with van der Waals surface area (Å²) >= 11 is 0. The highest BCUT2D eigenvalue weighted by Gasteiger charge is 2.25. The summed E-state index contributed by atoms with van der Waals surface area (Å²) in [6.45, 7) is 0.806. The maximum atomic E-state index is 8.19. The predicted octanol–water partition coefficient (Wildman–Crippen LogP) is 4.10. The molecule has 100 valence electrons. The van der Waals surface area contributed by atoms with E-state index in [1.54, 1.807) is 0 Å². The Morgan fingerprint density at radius 3 is 2.50 bits per heavy atom. The molecule has 4 rings (SSSR count). The molecule has 0 unspecified atom stereocenters. The Bertz CT molecular complexity index is 653. The minimum atomic E-state index is 0.706. The van der Waals surface area contributed by atoms with E-state index in [9.17, 15) is 0 Å². The van der Waals surface area contributed by atoms with Gasteiger partial charge in [-0.15, -0.1) is 0 Å². The lowest BCUT2D eigenvalue weighted by Crippen LogP contribution is -2.25. The summed E-state index contributed by atoms with van der Waals surface area (Å²) in [6.07, 6.45) is 3.46. The first kappa shape index (κ1) is 11.7. The van der Waals surface area contributed by atoms with Crippen LogP contribution in [0, 0.1) is 5.41 Å². The normalized spacial score (nSPS) is 17.4. The summed E-state index contributed by atoms with van der Waals surface area (Å²) < 4.78 is 0. The lowest BCUT2D eigenvalue weighted by Gasteiger charge is -2.19. The van der Waals surface area contributed by atoms with E-state index in [4.69, 9.17) is 5.41 Å². The van der Waals surface area contributed by atoms with Crippen molar-refractivity contribution in [1.29, 1.82) is 5.41 Å². The summed E-state index contributed by atoms with van der Waals surface area (Å²) in [7, 11) is 0. The fourth-order valence-corrected chi connectivity index (χ4v) is 3.02. The molecule has 1 aliphatic heterocycles. The Hall–Kier alpha value is -2.09. The molecule has 2 aliphatic rings. The lowest BCUT2D eigenvalue weighted by molar-refractivity contribution is 1.00. The van der Waals surface area contributed by atoms with E-state index in [0.717, 1.165) is 18.9 Å². The summed E-state index contributed by atoms with van der Waals surface area (Å²) in [5.74, 6) is 1.52. The van der Waals surface area contributed by atoms with Crippen LogP contribution >= 0.6 is 0 Å². The minimum absolute atomic E-state index is 0.706. The molecule has 1 heterocycles. The first-order valence-corrected chi connectivity index (χ1v) is 7.33. The van der Waals surface area contributed by atoms with E-state index in [2.05, 4.69) is 53.4 Å². The topological polar surface area (TPSA) is 27.1 Å². The van der Waals surface area contributed by atoms with Gasteiger partial charge in [0.05, 0.1) is 0 Å². The molecule has 1 saturated carbocycles. The van der Waals surface area contributed by atoms with Crippen LogP contribution in [0.2, 0.25) is 0 Å². The number of rotatable bonds is 3. The predicted molar refractivity (Wildman–Crippen MR) is 82.5 cm³/mol. The molecule has 0 saturated heterocycles. The van der Waals surface area contributed by atoms with Gasteiger partial charge in [-0.3, -0.25) is 5.41 Å². The van der Waals surface area contributed by atoms with Crippen molar-refractivity contribution in [3.63, 3.8) is 0 Å². The summed E-state index contributed by atoms with van der Waals surface area (Å²) in [4.78, 5) is 2.13. The van der Waals surface area contributed by atoms with Crippen LogP contribution in [0.5, 0.6) is 0 Å². The second kappa shape index (κ2) is 4.48. The molecule has 0 aromatic heterocycles. The van der Waals surface area contributed by atoms with Gasteiger partial charge in [0.15, 0.2) is 0 Å². The molecule has 0 amide bonds. The first-order valence-electron chi connectivity index (χ1n) is 7.33. The number of amidine groups is 1. The zero-order valence-electron chi connectivity index (χ0n) is 11.5. The van der Waals surface area contributed by atoms with E-state index in [1.807, 2.05) is 0 Å². The quantitative estimate of drug-likeness (QED) is 0.885. The molecule has 2 nitrogen and oxygen atoms in total. The Morgan fingerprint density at radius 2 is 1.75 bits per heavy atom. The summed E-state index contributed by atoms with van der Waals surface area (Å²) in [6, 6.07) is 17.3. The van der Waals surface area contributed by atoms with Gasteiger partial charge in [0.2, 0.25) is 0 Å². The van der Waals surface area contributed by atoms with Crippen molar-refractivity contribution in [2.75, 3.05) is 4.90 Å². The molecule has 1 N–H and O–H groups in total. The number of para-hydroxylation sites is 1. The second-order valence-corrected chi connectivity index (χ2v) is 5.85. The van der Waals surface area contributed by atoms with E-state index in [1.165, 1.54) is 35.2 Å². The van der Waals surface area contributed by atoms with Crippen molar-refractivity contribution in [3.8, 4) is 0 Å². The van der Waals surface area contributed by atoms with Crippen molar-refractivity contribution < 1.29 is 0 Å². The van der Waals surface area contributed by atoms with Crippen LogP contribution < -0.4 is 4.90 Å². The molecule has 2 aromatic rings. The van der Waals surface area contributed by atoms with Gasteiger partial charge in [-0.25, -0.2) is 0 Å². The van der Waals surface area contributed by atoms with Crippen molar-refractivity contribution in [2.24, 2.45) is 0 Å². The molecular formula is C18H18N2. The summed E-state index contributed by atoms with van der Waals surface area (Å²) in [5, 5.41) is 8.19. The summed E-state index contributed by atoms with van der Waals surface area (Å²) in [5.41, 5.74) is 5.23. The van der Waals surface area contributed by atoms with Gasteiger partial charge >= 0.3 is 0 Å². The van der Waals surface area contributed by atoms with Crippen LogP contribution in [0.3, 0.4) is 0 Å². The smallest absolute Gasteiger partial charge is 0.105 e. The highest BCUT2D eigenvalue weighted by Crippen LogP contribution is 2.40. The SMILES string of the molecule is N=C1Cc2ccccc2N1Cc1ccc(C2CC2)cc1. The number of fused-ring (bicyclic) bond motifs is 1. The third kappa shape index (κ3) is 2.01. The molecule has 2 aromatic carbocycles. The van der Waals surface area contributed by atoms with E-state index >= 15 is 0 Å². The van der Waals surface area contributed by atoms with Crippen molar-refractivity contribution >= 4 is 11.5 Å². The second-order valence-electron chi connectivity index (χ2n) is 5.85. The average molecular weight is 262 g/mol. The first-order chi connectivity index (χ1) is 9.81. The van der Waals surface area contributed by atoms with Crippen LogP contribution in [-0.4, -0.2) is 5.84 Å². The standard InChI is InChI=1S/C18H18N2/c19-18-11-16-3-1-2-4-17(16)20(18)12-13-5-7-14(8-6-13)15-9-10-15/h1-8,15,19H,9-12H2. The Labute approximate surface area is 119 Å². The highest BCUT2D eigenvalue weighted by molar-refractivity contribution is 6.03. The van der Waals surface area contributed by atoms with E-state index < -0.39 is 0 Å². The molecular weight excluding hydrogens is 244 g/mol. The minimum Gasteiger partial charge on any atom is -0.325 e. The van der Waals surface area contributed by atoms with E-state index in [0.29, 0.717) is 5.84 Å². The Balaban J connectivity index is 1.57. The molecule has 1 fully saturated rings. The van der Waals surface area contributed by atoms with Gasteiger partial charge in [0.1, 0.15) is 5.84 Å². The number of benzene rings is 2. The maximum absolute atomic E-state index is 8.19. The molecule has 2 heteroatoms.